The Labute approximate surface area is 198 Å². The number of rotatable bonds is 6. The standard InChI is InChI=1S/C26H23ClF2O2.CH5N/c1-4-13-30-20-12-11-16(5-2)22(25(20)29)23-18-15-26(3,17-9-7-6-8-10-17)31-21(18)14-19(28)24(23)27;1-2/h5-12,14H,2,4,13,15H2,1,3H3;2H2,1H3/t26-;/m0./s1. The van der Waals surface area contributed by atoms with E-state index in [2.05, 4.69) is 12.3 Å². The summed E-state index contributed by atoms with van der Waals surface area (Å²) in [5.41, 5.74) is 6.34. The van der Waals surface area contributed by atoms with Gasteiger partial charge < -0.3 is 15.2 Å². The second-order valence-corrected chi connectivity index (χ2v) is 8.17. The van der Waals surface area contributed by atoms with Gasteiger partial charge in [0.15, 0.2) is 11.6 Å². The number of halogens is 3. The van der Waals surface area contributed by atoms with Crippen LogP contribution in [0.2, 0.25) is 5.02 Å². The summed E-state index contributed by atoms with van der Waals surface area (Å²) < 4.78 is 42.3. The van der Waals surface area contributed by atoms with Crippen LogP contribution in [0.1, 0.15) is 37.0 Å². The molecule has 1 aliphatic heterocycles. The van der Waals surface area contributed by atoms with Gasteiger partial charge in [0.05, 0.1) is 11.6 Å². The largest absolute Gasteiger partial charge is 0.491 e. The van der Waals surface area contributed by atoms with Crippen molar-refractivity contribution in [2.45, 2.75) is 32.3 Å². The Balaban J connectivity index is 0.00000149. The first kappa shape index (κ1) is 24.7. The van der Waals surface area contributed by atoms with Crippen molar-refractivity contribution in [3.8, 4) is 22.6 Å². The Kier molecular flexibility index (Phi) is 7.77. The van der Waals surface area contributed by atoms with E-state index in [0.717, 1.165) is 12.0 Å². The van der Waals surface area contributed by atoms with Crippen molar-refractivity contribution in [1.29, 1.82) is 0 Å². The van der Waals surface area contributed by atoms with Gasteiger partial charge >= 0.3 is 0 Å². The van der Waals surface area contributed by atoms with Crippen molar-refractivity contribution >= 4 is 17.7 Å². The highest BCUT2D eigenvalue weighted by atomic mass is 35.5. The van der Waals surface area contributed by atoms with Crippen LogP contribution in [0.5, 0.6) is 11.5 Å². The number of ether oxygens (including phenoxy) is 2. The van der Waals surface area contributed by atoms with Crippen LogP contribution in [0.3, 0.4) is 0 Å². The lowest BCUT2D eigenvalue weighted by molar-refractivity contribution is 0.115. The summed E-state index contributed by atoms with van der Waals surface area (Å²) in [6.07, 6.45) is 2.68. The van der Waals surface area contributed by atoms with Crippen LogP contribution in [0.25, 0.3) is 17.2 Å². The zero-order chi connectivity index (χ0) is 24.2. The quantitative estimate of drug-likeness (QED) is 0.415. The molecular weight excluding hydrogens is 444 g/mol. The van der Waals surface area contributed by atoms with Crippen molar-refractivity contribution < 1.29 is 18.3 Å². The Morgan fingerprint density at radius 2 is 1.85 bits per heavy atom. The third-order valence-electron chi connectivity index (χ3n) is 5.59. The average Bonchev–Trinajstić information content (AvgIpc) is 3.18. The van der Waals surface area contributed by atoms with Crippen molar-refractivity contribution in [3.63, 3.8) is 0 Å². The summed E-state index contributed by atoms with van der Waals surface area (Å²) in [5.74, 6) is -0.797. The van der Waals surface area contributed by atoms with E-state index in [-0.39, 0.29) is 21.9 Å². The second kappa shape index (κ2) is 10.4. The minimum atomic E-state index is -0.726. The lowest BCUT2D eigenvalue weighted by atomic mass is 9.86. The van der Waals surface area contributed by atoms with Crippen LogP contribution >= 0.6 is 11.6 Å². The fourth-order valence-corrected chi connectivity index (χ4v) is 4.32. The van der Waals surface area contributed by atoms with Crippen LogP contribution in [-0.2, 0) is 12.0 Å². The maximum absolute atomic E-state index is 15.6. The predicted molar refractivity (Wildman–Crippen MR) is 131 cm³/mol. The molecule has 174 valence electrons. The zero-order valence-electron chi connectivity index (χ0n) is 19.1. The van der Waals surface area contributed by atoms with Gasteiger partial charge in [-0.15, -0.1) is 0 Å². The van der Waals surface area contributed by atoms with E-state index < -0.39 is 17.2 Å². The minimum Gasteiger partial charge on any atom is -0.491 e. The summed E-state index contributed by atoms with van der Waals surface area (Å²) in [6.45, 7) is 8.04. The third-order valence-corrected chi connectivity index (χ3v) is 5.96. The minimum absolute atomic E-state index is 0.0984. The molecule has 0 saturated heterocycles. The topological polar surface area (TPSA) is 44.5 Å². The molecule has 0 radical (unpaired) electrons. The van der Waals surface area contributed by atoms with Crippen molar-refractivity contribution in [3.05, 3.63) is 88.5 Å². The van der Waals surface area contributed by atoms with Gasteiger partial charge in [-0.3, -0.25) is 0 Å². The normalized spacial score (nSPS) is 16.3. The first-order valence-corrected chi connectivity index (χ1v) is 11.2. The smallest absolute Gasteiger partial charge is 0.173 e. The lowest BCUT2D eigenvalue weighted by Gasteiger charge is -2.24. The highest BCUT2D eigenvalue weighted by molar-refractivity contribution is 6.34. The number of nitrogens with two attached hydrogens (primary N) is 1. The molecule has 33 heavy (non-hydrogen) atoms. The van der Waals surface area contributed by atoms with Gasteiger partial charge in [-0.05, 0) is 37.6 Å². The second-order valence-electron chi connectivity index (χ2n) is 7.79. The van der Waals surface area contributed by atoms with Crippen molar-refractivity contribution in [2.24, 2.45) is 5.73 Å². The summed E-state index contributed by atoms with van der Waals surface area (Å²) in [4.78, 5) is 0. The monoisotopic (exact) mass is 471 g/mol. The fraction of sp³-hybridized carbons (Fsp3) is 0.259. The molecule has 0 aromatic heterocycles. The Bertz CT molecular complexity index is 1150. The molecule has 0 fully saturated rings. The van der Waals surface area contributed by atoms with Crippen LogP contribution in [-0.4, -0.2) is 13.7 Å². The number of hydrogen-bond acceptors (Lipinski definition) is 3. The van der Waals surface area contributed by atoms with Gasteiger partial charge in [0.1, 0.15) is 17.2 Å². The molecule has 0 amide bonds. The van der Waals surface area contributed by atoms with E-state index in [4.69, 9.17) is 21.1 Å². The van der Waals surface area contributed by atoms with E-state index in [1.165, 1.54) is 19.2 Å². The van der Waals surface area contributed by atoms with E-state index in [9.17, 15) is 4.39 Å². The van der Waals surface area contributed by atoms with Crippen LogP contribution in [0.15, 0.2) is 55.1 Å². The maximum Gasteiger partial charge on any atom is 0.173 e. The molecule has 0 bridgehead atoms. The first-order valence-electron chi connectivity index (χ1n) is 10.8. The van der Waals surface area contributed by atoms with Crippen LogP contribution < -0.4 is 15.2 Å². The number of hydrogen-bond donors (Lipinski definition) is 1. The van der Waals surface area contributed by atoms with Crippen molar-refractivity contribution in [2.75, 3.05) is 13.7 Å². The molecular formula is C27H28ClF2NO2. The van der Waals surface area contributed by atoms with Crippen molar-refractivity contribution in [1.82, 2.24) is 0 Å². The van der Waals surface area contributed by atoms with Gasteiger partial charge in [0.2, 0.25) is 0 Å². The summed E-state index contributed by atoms with van der Waals surface area (Å²) in [6, 6.07) is 14.2. The van der Waals surface area contributed by atoms with Gasteiger partial charge in [-0.1, -0.05) is 67.6 Å². The third kappa shape index (κ3) is 4.61. The molecule has 4 rings (SSSR count). The Hall–Kier alpha value is -2.89. The SMILES string of the molecule is C=Cc1ccc(OCCC)c(F)c1-c1c(Cl)c(F)cc2c1C[C@@](C)(c1ccccc1)O2.CN. The average molecular weight is 472 g/mol. The van der Waals surface area contributed by atoms with E-state index in [1.807, 2.05) is 44.2 Å². The Morgan fingerprint density at radius 1 is 1.15 bits per heavy atom. The molecule has 1 atom stereocenters. The molecule has 1 heterocycles. The van der Waals surface area contributed by atoms with Gasteiger partial charge in [0.25, 0.3) is 0 Å². The maximum atomic E-state index is 15.6. The van der Waals surface area contributed by atoms with Crippen LogP contribution in [0, 0.1) is 11.6 Å². The number of fused-ring (bicyclic) bond motifs is 1. The molecule has 3 aromatic rings. The fourth-order valence-electron chi connectivity index (χ4n) is 4.06. The molecule has 0 unspecified atom stereocenters. The zero-order valence-corrected chi connectivity index (χ0v) is 19.8. The van der Waals surface area contributed by atoms with Gasteiger partial charge in [-0.2, -0.15) is 0 Å². The summed E-state index contributed by atoms with van der Waals surface area (Å²) >= 11 is 6.44. The van der Waals surface area contributed by atoms with E-state index in [0.29, 0.717) is 29.9 Å². The Morgan fingerprint density at radius 3 is 2.48 bits per heavy atom. The first-order chi connectivity index (χ1) is 15.9. The molecule has 3 nitrogen and oxygen atoms in total. The molecule has 1 aliphatic rings. The molecule has 0 spiro atoms. The highest BCUT2D eigenvalue weighted by Gasteiger charge is 2.40. The molecule has 0 aliphatic carbocycles. The van der Waals surface area contributed by atoms with Gasteiger partial charge in [-0.25, -0.2) is 8.78 Å². The molecule has 6 heteroatoms. The molecule has 3 aromatic carbocycles. The van der Waals surface area contributed by atoms with Crippen LogP contribution in [0.4, 0.5) is 8.78 Å². The predicted octanol–water partition coefficient (Wildman–Crippen LogP) is 7.14. The number of benzene rings is 3. The highest BCUT2D eigenvalue weighted by Crippen LogP contribution is 2.50. The molecule has 2 N–H and O–H groups in total. The van der Waals surface area contributed by atoms with E-state index >= 15 is 4.39 Å². The summed E-state index contributed by atoms with van der Waals surface area (Å²) in [7, 11) is 1.50. The lowest BCUT2D eigenvalue weighted by Crippen LogP contribution is -2.26. The molecule has 0 saturated carbocycles. The van der Waals surface area contributed by atoms with E-state index in [1.54, 1.807) is 12.1 Å². The van der Waals surface area contributed by atoms with Gasteiger partial charge in [0, 0.05) is 29.2 Å². The summed E-state index contributed by atoms with van der Waals surface area (Å²) in [5, 5.41) is -0.144.